The van der Waals surface area contributed by atoms with Gasteiger partial charge in [-0.25, -0.2) is 9.18 Å². The van der Waals surface area contributed by atoms with Crippen LogP contribution in [0.15, 0.2) is 30.3 Å². The van der Waals surface area contributed by atoms with Gasteiger partial charge in [-0.1, -0.05) is 23.2 Å². The third-order valence-corrected chi connectivity index (χ3v) is 6.99. The van der Waals surface area contributed by atoms with Gasteiger partial charge < -0.3 is 9.47 Å². The summed E-state index contributed by atoms with van der Waals surface area (Å²) in [6.45, 7) is 5.92. The minimum absolute atomic E-state index is 0.0361. The third-order valence-electron chi connectivity index (χ3n) is 6.55. The zero-order valence-electron chi connectivity index (χ0n) is 18.6. The average Bonchev–Trinajstić information content (AvgIpc) is 3.58. The van der Waals surface area contributed by atoms with Crippen LogP contribution in [0, 0.1) is 5.82 Å². The fourth-order valence-electron chi connectivity index (χ4n) is 4.46. The van der Waals surface area contributed by atoms with Gasteiger partial charge in [-0.3, -0.25) is 4.90 Å². The number of rotatable bonds is 6. The quantitative estimate of drug-likeness (QED) is 0.438. The zero-order chi connectivity index (χ0) is 23.0. The summed E-state index contributed by atoms with van der Waals surface area (Å²) in [5, 5.41) is 1.22. The van der Waals surface area contributed by atoms with Crippen molar-refractivity contribution < 1.29 is 18.7 Å². The molecule has 1 atom stereocenters. The van der Waals surface area contributed by atoms with E-state index in [0.717, 1.165) is 43.4 Å². The highest BCUT2D eigenvalue weighted by molar-refractivity contribution is 6.34. The van der Waals surface area contributed by atoms with Crippen molar-refractivity contribution in [2.75, 3.05) is 20.2 Å². The first kappa shape index (κ1) is 23.3. The molecule has 0 unspecified atom stereocenters. The van der Waals surface area contributed by atoms with E-state index in [-0.39, 0.29) is 17.2 Å². The molecule has 4 nitrogen and oxygen atoms in total. The van der Waals surface area contributed by atoms with Crippen LogP contribution in [0.5, 0.6) is 5.75 Å². The molecule has 7 heteroatoms. The minimum atomic E-state index is -0.665. The van der Waals surface area contributed by atoms with Crippen LogP contribution in [-0.2, 0) is 10.3 Å². The molecule has 0 spiro atoms. The van der Waals surface area contributed by atoms with Crippen LogP contribution in [0.4, 0.5) is 4.39 Å². The second-order valence-corrected chi connectivity index (χ2v) is 10.1. The summed E-state index contributed by atoms with van der Waals surface area (Å²) < 4.78 is 25.7. The fourth-order valence-corrected chi connectivity index (χ4v) is 4.99. The molecule has 4 rings (SSSR count). The lowest BCUT2D eigenvalue weighted by molar-refractivity contribution is 0.0243. The molecule has 0 bridgehead atoms. The lowest BCUT2D eigenvalue weighted by Crippen LogP contribution is -2.50. The van der Waals surface area contributed by atoms with Crippen LogP contribution in [0.25, 0.3) is 0 Å². The molecule has 0 radical (unpaired) electrons. The molecule has 0 aromatic heterocycles. The first-order chi connectivity index (χ1) is 15.2. The van der Waals surface area contributed by atoms with Gasteiger partial charge in [0.15, 0.2) is 0 Å². The predicted octanol–water partition coefficient (Wildman–Crippen LogP) is 6.58. The van der Waals surface area contributed by atoms with Gasteiger partial charge in [-0.05, 0) is 87.4 Å². The highest BCUT2D eigenvalue weighted by atomic mass is 35.5. The Morgan fingerprint density at radius 2 is 1.78 bits per heavy atom. The number of piperidine rings is 1. The summed E-state index contributed by atoms with van der Waals surface area (Å²) in [6.07, 6.45) is 3.79. The number of hydrogen-bond donors (Lipinski definition) is 0. The van der Waals surface area contributed by atoms with Crippen molar-refractivity contribution in [2.45, 2.75) is 57.1 Å². The van der Waals surface area contributed by atoms with Crippen molar-refractivity contribution in [3.05, 3.63) is 62.9 Å². The number of carbonyl (C=O) groups excluding carboxylic acids is 1. The number of methoxy groups -OCH3 is 1. The minimum Gasteiger partial charge on any atom is -0.489 e. The van der Waals surface area contributed by atoms with Gasteiger partial charge in [0.2, 0.25) is 0 Å². The first-order valence-corrected chi connectivity index (χ1v) is 11.7. The number of nitrogens with zero attached hydrogens (tertiary/aromatic N) is 1. The van der Waals surface area contributed by atoms with Gasteiger partial charge in [0.1, 0.15) is 17.7 Å². The lowest BCUT2D eigenvalue weighted by Gasteiger charge is -2.44. The number of halogens is 3. The van der Waals surface area contributed by atoms with E-state index >= 15 is 0 Å². The highest BCUT2D eigenvalue weighted by Crippen LogP contribution is 2.46. The molecule has 0 N–H and O–H groups in total. The van der Waals surface area contributed by atoms with Gasteiger partial charge in [-0.15, -0.1) is 0 Å². The van der Waals surface area contributed by atoms with E-state index in [1.54, 1.807) is 12.1 Å². The van der Waals surface area contributed by atoms with E-state index in [1.165, 1.54) is 13.2 Å². The largest absolute Gasteiger partial charge is 0.489 e. The van der Waals surface area contributed by atoms with Crippen LogP contribution in [0.2, 0.25) is 10.0 Å². The lowest BCUT2D eigenvalue weighted by atomic mass is 9.89. The molecular weight excluding hydrogens is 452 g/mol. The Morgan fingerprint density at radius 3 is 2.41 bits per heavy atom. The molecule has 2 aliphatic rings. The van der Waals surface area contributed by atoms with Gasteiger partial charge in [0.25, 0.3) is 0 Å². The van der Waals surface area contributed by atoms with E-state index in [1.807, 2.05) is 12.1 Å². The normalized spacial score (nSPS) is 19.6. The topological polar surface area (TPSA) is 38.8 Å². The summed E-state index contributed by atoms with van der Waals surface area (Å²) in [5.41, 5.74) is 1.61. The average molecular weight is 480 g/mol. The van der Waals surface area contributed by atoms with Crippen molar-refractivity contribution in [2.24, 2.45) is 0 Å². The Bertz CT molecular complexity index is 1000. The zero-order valence-corrected chi connectivity index (χ0v) is 20.1. The van der Waals surface area contributed by atoms with E-state index in [9.17, 15) is 9.18 Å². The Hall–Kier alpha value is -1.82. The molecule has 172 valence electrons. The Balaban J connectivity index is 1.55. The maximum atomic E-state index is 14.7. The number of likely N-dealkylation sites (tertiary alicyclic amines) is 1. The molecule has 2 aromatic rings. The molecule has 1 heterocycles. The standard InChI is InChI=1S/C25H28Cl2FNO3/c1-25(2,16-9-17(26)11-18(27)10-16)29-8-4-5-19(14-29)32-23-13-22(28)21(24(30)31-3)12-20(23)15-6-7-15/h9-13,15,19H,4-8,14H2,1-3H3/t19-/m1/s1. The van der Waals surface area contributed by atoms with Crippen molar-refractivity contribution >= 4 is 29.2 Å². The van der Waals surface area contributed by atoms with E-state index in [4.69, 9.17) is 32.7 Å². The molecule has 1 aliphatic carbocycles. The summed E-state index contributed by atoms with van der Waals surface area (Å²) in [4.78, 5) is 14.3. The van der Waals surface area contributed by atoms with Crippen molar-refractivity contribution in [3.8, 4) is 5.75 Å². The van der Waals surface area contributed by atoms with Crippen LogP contribution in [0.1, 0.15) is 66.9 Å². The van der Waals surface area contributed by atoms with Crippen LogP contribution in [0.3, 0.4) is 0 Å². The number of esters is 1. The SMILES string of the molecule is COC(=O)c1cc(C2CC2)c(O[C@@H]2CCCN(C(C)(C)c3cc(Cl)cc(Cl)c3)C2)cc1F. The molecule has 1 saturated carbocycles. The summed E-state index contributed by atoms with van der Waals surface area (Å²) >= 11 is 12.5. The van der Waals surface area contributed by atoms with E-state index in [2.05, 4.69) is 18.7 Å². The van der Waals surface area contributed by atoms with Gasteiger partial charge in [-0.2, -0.15) is 0 Å². The number of benzene rings is 2. The molecule has 2 aromatic carbocycles. The smallest absolute Gasteiger partial charge is 0.340 e. The van der Waals surface area contributed by atoms with Crippen LogP contribution < -0.4 is 4.74 Å². The molecular formula is C25H28Cl2FNO3. The monoisotopic (exact) mass is 479 g/mol. The molecule has 2 fully saturated rings. The number of hydrogen-bond acceptors (Lipinski definition) is 4. The summed E-state index contributed by atoms with van der Waals surface area (Å²) in [6, 6.07) is 8.58. The molecule has 1 aliphatic heterocycles. The maximum Gasteiger partial charge on any atom is 0.340 e. The molecule has 1 saturated heterocycles. The molecule has 32 heavy (non-hydrogen) atoms. The van der Waals surface area contributed by atoms with E-state index in [0.29, 0.717) is 28.3 Å². The summed E-state index contributed by atoms with van der Waals surface area (Å²) in [5.74, 6) is -0.439. The second-order valence-electron chi connectivity index (χ2n) is 9.18. The van der Waals surface area contributed by atoms with Gasteiger partial charge in [0.05, 0.1) is 12.7 Å². The Morgan fingerprint density at radius 1 is 1.09 bits per heavy atom. The molecule has 0 amide bonds. The highest BCUT2D eigenvalue weighted by Gasteiger charge is 2.35. The Labute approximate surface area is 198 Å². The number of carbonyl (C=O) groups is 1. The predicted molar refractivity (Wildman–Crippen MR) is 124 cm³/mol. The van der Waals surface area contributed by atoms with Gasteiger partial charge >= 0.3 is 5.97 Å². The first-order valence-electron chi connectivity index (χ1n) is 11.0. The second kappa shape index (κ2) is 9.20. The Kier molecular flexibility index (Phi) is 6.71. The van der Waals surface area contributed by atoms with Crippen LogP contribution in [-0.4, -0.2) is 37.2 Å². The van der Waals surface area contributed by atoms with E-state index < -0.39 is 11.8 Å². The van der Waals surface area contributed by atoms with Crippen molar-refractivity contribution in [1.82, 2.24) is 4.90 Å². The fraction of sp³-hybridized carbons (Fsp3) is 0.480. The van der Waals surface area contributed by atoms with Crippen molar-refractivity contribution in [1.29, 1.82) is 0 Å². The third kappa shape index (κ3) is 4.90. The maximum absolute atomic E-state index is 14.7. The summed E-state index contributed by atoms with van der Waals surface area (Å²) in [7, 11) is 1.26. The number of ether oxygens (including phenoxy) is 2. The van der Waals surface area contributed by atoms with Crippen molar-refractivity contribution in [3.63, 3.8) is 0 Å². The van der Waals surface area contributed by atoms with Crippen LogP contribution >= 0.6 is 23.2 Å². The van der Waals surface area contributed by atoms with Gasteiger partial charge in [0, 0.05) is 28.2 Å².